The number of carbonyl (C=O) groups is 2. The number of unbranched alkanes of at least 4 members (excludes halogenated alkanes) is 3. The lowest BCUT2D eigenvalue weighted by molar-refractivity contribution is -0.141. The van der Waals surface area contributed by atoms with Gasteiger partial charge in [0, 0.05) is 0 Å². The fraction of sp³-hybridized carbons (Fsp3) is 0.600. The largest absolute Gasteiger partial charge is 0.480 e. The van der Waals surface area contributed by atoms with E-state index < -0.39 is 17.8 Å². The molecular weight excluding hydrogens is 182 g/mol. The summed E-state index contributed by atoms with van der Waals surface area (Å²) in [4.78, 5) is 21.3. The van der Waals surface area contributed by atoms with E-state index in [1.54, 1.807) is 6.08 Å². The number of allylic oxidation sites excluding steroid dienone is 1. The van der Waals surface area contributed by atoms with Crippen molar-refractivity contribution in [2.45, 2.75) is 38.6 Å². The van der Waals surface area contributed by atoms with Crippen molar-refractivity contribution in [2.24, 2.45) is 5.73 Å². The standard InChI is InChI=1S/C10H17NO3/c1-2-3-4-5-6-7-8(12)9(11)10(13)14/h6-7,9H,2-5,11H2,1H3,(H,13,14). The minimum atomic E-state index is -1.42. The van der Waals surface area contributed by atoms with Crippen LogP contribution in [0.5, 0.6) is 0 Å². The maximum atomic E-state index is 11.0. The van der Waals surface area contributed by atoms with Gasteiger partial charge >= 0.3 is 5.97 Å². The molecule has 3 N–H and O–H groups in total. The summed E-state index contributed by atoms with van der Waals surface area (Å²) < 4.78 is 0. The first-order chi connectivity index (χ1) is 6.59. The van der Waals surface area contributed by atoms with Crippen LogP contribution in [0.2, 0.25) is 0 Å². The molecule has 0 heterocycles. The number of nitrogens with two attached hydrogens (primary N) is 1. The van der Waals surface area contributed by atoms with E-state index in [9.17, 15) is 9.59 Å². The van der Waals surface area contributed by atoms with Gasteiger partial charge in [-0.15, -0.1) is 0 Å². The van der Waals surface area contributed by atoms with Crippen LogP contribution in [0.4, 0.5) is 0 Å². The highest BCUT2D eigenvalue weighted by Crippen LogP contribution is 1.99. The van der Waals surface area contributed by atoms with Crippen LogP contribution in [0.1, 0.15) is 32.6 Å². The van der Waals surface area contributed by atoms with E-state index in [-0.39, 0.29) is 0 Å². The number of rotatable bonds is 7. The molecule has 0 bridgehead atoms. The molecule has 0 rings (SSSR count). The van der Waals surface area contributed by atoms with Crippen LogP contribution in [0, 0.1) is 0 Å². The lowest BCUT2D eigenvalue weighted by Crippen LogP contribution is -2.37. The summed E-state index contributed by atoms with van der Waals surface area (Å²) in [6.45, 7) is 2.09. The van der Waals surface area contributed by atoms with Crippen LogP contribution in [0.15, 0.2) is 12.2 Å². The molecule has 4 heteroatoms. The van der Waals surface area contributed by atoms with Crippen LogP contribution >= 0.6 is 0 Å². The predicted molar refractivity (Wildman–Crippen MR) is 53.9 cm³/mol. The van der Waals surface area contributed by atoms with Gasteiger partial charge in [-0.1, -0.05) is 25.8 Å². The van der Waals surface area contributed by atoms with Crippen LogP contribution in [0.3, 0.4) is 0 Å². The lowest BCUT2D eigenvalue weighted by Gasteiger charge is -1.99. The normalized spacial score (nSPS) is 13.0. The lowest BCUT2D eigenvalue weighted by atomic mass is 10.1. The molecule has 14 heavy (non-hydrogen) atoms. The van der Waals surface area contributed by atoms with Gasteiger partial charge in [0.25, 0.3) is 0 Å². The van der Waals surface area contributed by atoms with Crippen LogP contribution in [-0.2, 0) is 9.59 Å². The highest BCUT2D eigenvalue weighted by atomic mass is 16.4. The second-order valence-electron chi connectivity index (χ2n) is 3.12. The molecule has 0 saturated carbocycles. The molecule has 0 aromatic heterocycles. The molecule has 0 fully saturated rings. The smallest absolute Gasteiger partial charge is 0.328 e. The van der Waals surface area contributed by atoms with Crippen LogP contribution in [0.25, 0.3) is 0 Å². The van der Waals surface area contributed by atoms with Crippen molar-refractivity contribution in [1.29, 1.82) is 0 Å². The van der Waals surface area contributed by atoms with Gasteiger partial charge in [0.1, 0.15) is 0 Å². The number of ketones is 1. The van der Waals surface area contributed by atoms with Crippen molar-refractivity contribution in [3.05, 3.63) is 12.2 Å². The van der Waals surface area contributed by atoms with Crippen molar-refractivity contribution < 1.29 is 14.7 Å². The minimum absolute atomic E-state index is 0.547. The van der Waals surface area contributed by atoms with Crippen molar-refractivity contribution in [2.75, 3.05) is 0 Å². The van der Waals surface area contributed by atoms with E-state index in [1.165, 1.54) is 6.08 Å². The van der Waals surface area contributed by atoms with E-state index in [2.05, 4.69) is 6.92 Å². The number of carboxylic acids is 1. The van der Waals surface area contributed by atoms with Gasteiger partial charge in [-0.05, 0) is 18.9 Å². The molecule has 80 valence electrons. The van der Waals surface area contributed by atoms with E-state index in [4.69, 9.17) is 10.8 Å². The van der Waals surface area contributed by atoms with Gasteiger partial charge in [-0.3, -0.25) is 9.59 Å². The summed E-state index contributed by atoms with van der Waals surface area (Å²) in [7, 11) is 0. The third-order valence-electron chi connectivity index (χ3n) is 1.83. The Morgan fingerprint density at radius 3 is 2.57 bits per heavy atom. The first-order valence-corrected chi connectivity index (χ1v) is 4.78. The molecule has 0 aromatic carbocycles. The number of hydrogen-bond donors (Lipinski definition) is 2. The molecule has 0 aromatic rings. The van der Waals surface area contributed by atoms with Crippen molar-refractivity contribution in [3.8, 4) is 0 Å². The topological polar surface area (TPSA) is 80.4 Å². The number of carbonyl (C=O) groups excluding carboxylic acids is 1. The molecule has 0 aliphatic carbocycles. The zero-order valence-corrected chi connectivity index (χ0v) is 8.40. The monoisotopic (exact) mass is 199 g/mol. The number of carboxylic acid groups (broad SMARTS) is 1. The Hall–Kier alpha value is -1.16. The summed E-state index contributed by atoms with van der Waals surface area (Å²) in [6.07, 6.45) is 6.99. The summed E-state index contributed by atoms with van der Waals surface area (Å²) in [6, 6.07) is -1.42. The average Bonchev–Trinajstić information content (AvgIpc) is 2.16. The third-order valence-corrected chi connectivity index (χ3v) is 1.83. The molecule has 1 unspecified atom stereocenters. The highest BCUT2D eigenvalue weighted by Gasteiger charge is 2.17. The summed E-state index contributed by atoms with van der Waals surface area (Å²) in [5, 5.41) is 8.41. The second kappa shape index (κ2) is 7.26. The Balaban J connectivity index is 3.76. The maximum Gasteiger partial charge on any atom is 0.328 e. The molecule has 0 radical (unpaired) electrons. The third kappa shape index (κ3) is 5.48. The Morgan fingerprint density at radius 2 is 2.07 bits per heavy atom. The van der Waals surface area contributed by atoms with Gasteiger partial charge in [0.15, 0.2) is 11.8 Å². The molecule has 0 amide bonds. The Bertz CT molecular complexity index is 223. The molecule has 1 atom stereocenters. The number of hydrogen-bond acceptors (Lipinski definition) is 3. The maximum absolute atomic E-state index is 11.0. The van der Waals surface area contributed by atoms with Gasteiger partial charge in [-0.2, -0.15) is 0 Å². The minimum Gasteiger partial charge on any atom is -0.480 e. The molecule has 0 aliphatic heterocycles. The van der Waals surface area contributed by atoms with Gasteiger partial charge in [0.2, 0.25) is 0 Å². The summed E-state index contributed by atoms with van der Waals surface area (Å²) in [5.74, 6) is -1.83. The summed E-state index contributed by atoms with van der Waals surface area (Å²) >= 11 is 0. The molecule has 0 aliphatic rings. The molecular formula is C10H17NO3. The zero-order valence-electron chi connectivity index (χ0n) is 8.40. The van der Waals surface area contributed by atoms with Crippen LogP contribution < -0.4 is 5.73 Å². The molecule has 0 saturated heterocycles. The van der Waals surface area contributed by atoms with E-state index in [0.717, 1.165) is 25.7 Å². The Labute approximate surface area is 83.8 Å². The van der Waals surface area contributed by atoms with Crippen molar-refractivity contribution in [3.63, 3.8) is 0 Å². The predicted octanol–water partition coefficient (Wildman–Crippen LogP) is 1.10. The van der Waals surface area contributed by atoms with Crippen molar-refractivity contribution in [1.82, 2.24) is 0 Å². The SMILES string of the molecule is CCCCCC=CC(=O)C(N)C(=O)O. The second-order valence-corrected chi connectivity index (χ2v) is 3.12. The van der Waals surface area contributed by atoms with E-state index in [0.29, 0.717) is 0 Å². The van der Waals surface area contributed by atoms with Gasteiger partial charge < -0.3 is 10.8 Å². The Kier molecular flexibility index (Phi) is 6.66. The Morgan fingerprint density at radius 1 is 1.43 bits per heavy atom. The zero-order chi connectivity index (χ0) is 11.0. The van der Waals surface area contributed by atoms with Crippen LogP contribution in [-0.4, -0.2) is 22.9 Å². The molecule has 0 spiro atoms. The van der Waals surface area contributed by atoms with Gasteiger partial charge in [0.05, 0.1) is 0 Å². The number of aliphatic carboxylic acids is 1. The quantitative estimate of drug-likeness (QED) is 0.365. The van der Waals surface area contributed by atoms with E-state index in [1.807, 2.05) is 0 Å². The average molecular weight is 199 g/mol. The van der Waals surface area contributed by atoms with E-state index >= 15 is 0 Å². The highest BCUT2D eigenvalue weighted by molar-refractivity contribution is 6.07. The fourth-order valence-electron chi connectivity index (χ4n) is 0.937. The molecule has 4 nitrogen and oxygen atoms in total. The first kappa shape index (κ1) is 12.8. The fourth-order valence-corrected chi connectivity index (χ4v) is 0.937. The van der Waals surface area contributed by atoms with Crippen molar-refractivity contribution >= 4 is 11.8 Å². The first-order valence-electron chi connectivity index (χ1n) is 4.78. The summed E-state index contributed by atoms with van der Waals surface area (Å²) in [5.41, 5.74) is 5.10. The van der Waals surface area contributed by atoms with Gasteiger partial charge in [-0.25, -0.2) is 0 Å².